The van der Waals surface area contributed by atoms with E-state index in [1.165, 1.54) is 5.56 Å². The summed E-state index contributed by atoms with van der Waals surface area (Å²) in [6.45, 7) is 3.41. The van der Waals surface area contributed by atoms with Crippen molar-refractivity contribution in [2.75, 3.05) is 46.2 Å². The van der Waals surface area contributed by atoms with Crippen LogP contribution in [0.3, 0.4) is 0 Å². The highest BCUT2D eigenvalue weighted by Gasteiger charge is 2.45. The zero-order chi connectivity index (χ0) is 27.4. The summed E-state index contributed by atoms with van der Waals surface area (Å²) < 4.78 is 5.90. The van der Waals surface area contributed by atoms with Crippen LogP contribution in [0.15, 0.2) is 78.4 Å². The SMILES string of the molecule is Cc1cccc(COc2ccc(C(O)=C3C(=O)C(=O)N(CCN(C)C)[C@@H]3c3ccc(N(C)C)cc3)cc2)c1. The van der Waals surface area contributed by atoms with Gasteiger partial charge < -0.3 is 24.5 Å². The first-order valence-electron chi connectivity index (χ1n) is 12.6. The predicted molar refractivity (Wildman–Crippen MR) is 150 cm³/mol. The number of hydrogen-bond acceptors (Lipinski definition) is 6. The number of benzene rings is 3. The Morgan fingerprint density at radius 3 is 2.24 bits per heavy atom. The highest BCUT2D eigenvalue weighted by molar-refractivity contribution is 6.46. The number of nitrogens with zero attached hydrogens (tertiary/aromatic N) is 3. The number of amides is 1. The summed E-state index contributed by atoms with van der Waals surface area (Å²) in [7, 11) is 7.74. The number of carbonyl (C=O) groups excluding carboxylic acids is 2. The number of ketones is 1. The molecule has 0 unspecified atom stereocenters. The van der Waals surface area contributed by atoms with E-state index < -0.39 is 17.7 Å². The third kappa shape index (κ3) is 5.89. The van der Waals surface area contributed by atoms with Crippen molar-refractivity contribution in [2.45, 2.75) is 19.6 Å². The third-order valence-electron chi connectivity index (χ3n) is 6.67. The number of rotatable bonds is 9. The summed E-state index contributed by atoms with van der Waals surface area (Å²) in [6.07, 6.45) is 0. The Hall–Kier alpha value is -4.10. The van der Waals surface area contributed by atoms with Crippen molar-refractivity contribution in [1.29, 1.82) is 0 Å². The Morgan fingerprint density at radius 1 is 0.947 bits per heavy atom. The maximum atomic E-state index is 13.2. The molecule has 1 aliphatic rings. The zero-order valence-corrected chi connectivity index (χ0v) is 22.6. The highest BCUT2D eigenvalue weighted by atomic mass is 16.5. The number of aryl methyl sites for hydroxylation is 1. The second kappa shape index (κ2) is 11.5. The molecule has 1 amide bonds. The molecule has 3 aromatic carbocycles. The topological polar surface area (TPSA) is 73.3 Å². The van der Waals surface area contributed by atoms with Gasteiger partial charge in [-0.25, -0.2) is 0 Å². The molecule has 3 aromatic rings. The summed E-state index contributed by atoms with van der Waals surface area (Å²) in [5, 5.41) is 11.3. The molecule has 0 bridgehead atoms. The van der Waals surface area contributed by atoms with Crippen molar-refractivity contribution in [3.8, 4) is 5.75 Å². The number of hydrogen-bond donors (Lipinski definition) is 1. The molecule has 0 aromatic heterocycles. The van der Waals surface area contributed by atoms with Crippen LogP contribution < -0.4 is 9.64 Å². The third-order valence-corrected chi connectivity index (χ3v) is 6.67. The minimum Gasteiger partial charge on any atom is -0.507 e. The fourth-order valence-electron chi connectivity index (χ4n) is 4.55. The van der Waals surface area contributed by atoms with Crippen LogP contribution in [0.2, 0.25) is 0 Å². The van der Waals surface area contributed by atoms with Gasteiger partial charge in [0, 0.05) is 38.4 Å². The first-order chi connectivity index (χ1) is 18.2. The van der Waals surface area contributed by atoms with Gasteiger partial charge in [-0.3, -0.25) is 9.59 Å². The Kier molecular flexibility index (Phi) is 8.17. The molecule has 1 fully saturated rings. The number of carbonyl (C=O) groups is 2. The molecule has 1 N–H and O–H groups in total. The Morgan fingerprint density at radius 2 is 1.63 bits per heavy atom. The Balaban J connectivity index is 1.65. The number of likely N-dealkylation sites (tertiary alicyclic amines) is 1. The molecule has 7 heteroatoms. The van der Waals surface area contributed by atoms with Crippen LogP contribution in [0.25, 0.3) is 5.76 Å². The molecular weight excluding hydrogens is 478 g/mol. The molecule has 0 aliphatic carbocycles. The first kappa shape index (κ1) is 26.9. The fraction of sp³-hybridized carbons (Fsp3) is 0.290. The lowest BCUT2D eigenvalue weighted by atomic mass is 9.95. The zero-order valence-electron chi connectivity index (χ0n) is 22.6. The number of Topliss-reactive ketones (excluding diaryl/α,β-unsaturated/α-hetero) is 1. The van der Waals surface area contributed by atoms with Gasteiger partial charge in [-0.1, -0.05) is 42.0 Å². The molecule has 4 rings (SSSR count). The minimum absolute atomic E-state index is 0.0970. The van der Waals surface area contributed by atoms with Gasteiger partial charge in [-0.2, -0.15) is 0 Å². The summed E-state index contributed by atoms with van der Waals surface area (Å²) in [5.74, 6) is -0.830. The van der Waals surface area contributed by atoms with E-state index in [4.69, 9.17) is 4.74 Å². The second-order valence-corrected chi connectivity index (χ2v) is 10.1. The predicted octanol–water partition coefficient (Wildman–Crippen LogP) is 4.62. The van der Waals surface area contributed by atoms with Crippen LogP contribution in [0.1, 0.15) is 28.3 Å². The molecule has 0 spiro atoms. The molecular formula is C31H35N3O4. The number of likely N-dealkylation sites (N-methyl/N-ethyl adjacent to an activating group) is 1. The van der Waals surface area contributed by atoms with Gasteiger partial charge >= 0.3 is 0 Å². The normalized spacial score (nSPS) is 16.8. The van der Waals surface area contributed by atoms with E-state index in [1.54, 1.807) is 29.2 Å². The van der Waals surface area contributed by atoms with E-state index in [9.17, 15) is 14.7 Å². The molecule has 38 heavy (non-hydrogen) atoms. The van der Waals surface area contributed by atoms with E-state index >= 15 is 0 Å². The fourth-order valence-corrected chi connectivity index (χ4v) is 4.55. The van der Waals surface area contributed by atoms with Crippen LogP contribution in [0.5, 0.6) is 5.75 Å². The number of ether oxygens (including phenoxy) is 1. The molecule has 1 aliphatic heterocycles. The summed E-state index contributed by atoms with van der Waals surface area (Å²) in [5.41, 5.74) is 4.55. The summed E-state index contributed by atoms with van der Waals surface area (Å²) >= 11 is 0. The van der Waals surface area contributed by atoms with Gasteiger partial charge in [-0.15, -0.1) is 0 Å². The van der Waals surface area contributed by atoms with E-state index in [0.717, 1.165) is 16.8 Å². The van der Waals surface area contributed by atoms with Gasteiger partial charge in [0.05, 0.1) is 11.6 Å². The van der Waals surface area contributed by atoms with Crippen LogP contribution in [0, 0.1) is 6.92 Å². The van der Waals surface area contributed by atoms with Crippen molar-refractivity contribution < 1.29 is 19.4 Å². The average molecular weight is 514 g/mol. The molecule has 0 saturated carbocycles. The number of aliphatic hydroxyl groups is 1. The van der Waals surface area contributed by atoms with Crippen LogP contribution in [-0.2, 0) is 16.2 Å². The standard InChI is InChI=1S/C31H35N3O4/c1-21-7-6-8-22(19-21)20-38-26-15-11-24(12-16-26)29(35)27-28(23-9-13-25(14-10-23)33(4)5)34(18-17-32(2)3)31(37)30(27)36/h6-16,19,28,35H,17-18,20H2,1-5H3/t28-/m1/s1. The molecule has 1 saturated heterocycles. The summed E-state index contributed by atoms with van der Waals surface area (Å²) in [6, 6.07) is 22.1. The smallest absolute Gasteiger partial charge is 0.295 e. The van der Waals surface area contributed by atoms with Gasteiger partial charge in [-0.05, 0) is 68.5 Å². The van der Waals surface area contributed by atoms with Crippen molar-refractivity contribution >= 4 is 23.1 Å². The average Bonchev–Trinajstić information content (AvgIpc) is 3.15. The van der Waals surface area contributed by atoms with E-state index in [1.807, 2.05) is 87.4 Å². The molecule has 198 valence electrons. The van der Waals surface area contributed by atoms with Gasteiger partial charge in [0.1, 0.15) is 18.1 Å². The molecule has 0 radical (unpaired) electrons. The number of aliphatic hydroxyl groups excluding tert-OH is 1. The monoisotopic (exact) mass is 513 g/mol. The van der Waals surface area contributed by atoms with E-state index in [-0.39, 0.29) is 11.3 Å². The maximum absolute atomic E-state index is 13.2. The van der Waals surface area contributed by atoms with E-state index in [0.29, 0.717) is 31.0 Å². The van der Waals surface area contributed by atoms with Crippen LogP contribution in [0.4, 0.5) is 5.69 Å². The lowest BCUT2D eigenvalue weighted by molar-refractivity contribution is -0.140. The largest absolute Gasteiger partial charge is 0.507 e. The van der Waals surface area contributed by atoms with Crippen LogP contribution in [-0.4, -0.2) is 67.9 Å². The molecule has 1 atom stereocenters. The molecule has 7 nitrogen and oxygen atoms in total. The van der Waals surface area contributed by atoms with Gasteiger partial charge in [0.25, 0.3) is 11.7 Å². The van der Waals surface area contributed by atoms with Crippen molar-refractivity contribution in [3.05, 3.63) is 101 Å². The second-order valence-electron chi connectivity index (χ2n) is 10.1. The van der Waals surface area contributed by atoms with Gasteiger partial charge in [0.15, 0.2) is 0 Å². The lowest BCUT2D eigenvalue weighted by Gasteiger charge is -2.27. The quantitative estimate of drug-likeness (QED) is 0.256. The van der Waals surface area contributed by atoms with Crippen LogP contribution >= 0.6 is 0 Å². The lowest BCUT2D eigenvalue weighted by Crippen LogP contribution is -2.35. The maximum Gasteiger partial charge on any atom is 0.295 e. The Labute approximate surface area is 224 Å². The van der Waals surface area contributed by atoms with E-state index in [2.05, 4.69) is 6.07 Å². The first-order valence-corrected chi connectivity index (χ1v) is 12.6. The minimum atomic E-state index is -0.678. The van der Waals surface area contributed by atoms with Crippen molar-refractivity contribution in [1.82, 2.24) is 9.80 Å². The Bertz CT molecular complexity index is 1330. The van der Waals surface area contributed by atoms with Crippen molar-refractivity contribution in [3.63, 3.8) is 0 Å². The number of anilines is 1. The van der Waals surface area contributed by atoms with Crippen molar-refractivity contribution in [2.24, 2.45) is 0 Å². The highest BCUT2D eigenvalue weighted by Crippen LogP contribution is 2.39. The molecule has 1 heterocycles. The summed E-state index contributed by atoms with van der Waals surface area (Å²) in [4.78, 5) is 31.8. The van der Waals surface area contributed by atoms with Gasteiger partial charge in [0.2, 0.25) is 0 Å².